The van der Waals surface area contributed by atoms with Crippen molar-refractivity contribution in [2.45, 2.75) is 77.4 Å². The van der Waals surface area contributed by atoms with E-state index in [9.17, 15) is 5.11 Å². The minimum Gasteiger partial charge on any atom is -0.389 e. The summed E-state index contributed by atoms with van der Waals surface area (Å²) in [5, 5.41) is 13.5. The first-order valence-electron chi connectivity index (χ1n) is 6.99. The van der Waals surface area contributed by atoms with Crippen LogP contribution in [0, 0.1) is 5.92 Å². The third-order valence-electron chi connectivity index (χ3n) is 3.78. The van der Waals surface area contributed by atoms with E-state index in [-0.39, 0.29) is 0 Å². The number of nitrogens with one attached hydrogen (secondary N) is 1. The van der Waals surface area contributed by atoms with Gasteiger partial charge in [-0.3, -0.25) is 0 Å². The van der Waals surface area contributed by atoms with E-state index in [2.05, 4.69) is 19.2 Å². The van der Waals surface area contributed by atoms with Gasteiger partial charge in [-0.2, -0.15) is 0 Å². The van der Waals surface area contributed by atoms with Crippen LogP contribution in [-0.2, 0) is 0 Å². The highest BCUT2D eigenvalue weighted by Crippen LogP contribution is 2.28. The molecule has 1 aliphatic carbocycles. The molecule has 2 nitrogen and oxygen atoms in total. The molecule has 0 saturated heterocycles. The number of hydrogen-bond donors (Lipinski definition) is 2. The molecule has 1 aliphatic rings. The van der Waals surface area contributed by atoms with Gasteiger partial charge in [0, 0.05) is 12.6 Å². The summed E-state index contributed by atoms with van der Waals surface area (Å²) in [5.41, 5.74) is -0.529. The summed E-state index contributed by atoms with van der Waals surface area (Å²) in [5.74, 6) is 0.929. The molecule has 2 atom stereocenters. The Bertz CT molecular complexity index is 185. The molecular weight excluding hydrogens is 198 g/mol. The van der Waals surface area contributed by atoms with Gasteiger partial charge in [-0.1, -0.05) is 39.0 Å². The molecule has 1 rings (SSSR count). The van der Waals surface area contributed by atoms with Gasteiger partial charge >= 0.3 is 0 Å². The normalized spacial score (nSPS) is 23.2. The van der Waals surface area contributed by atoms with Crippen molar-refractivity contribution in [1.29, 1.82) is 0 Å². The van der Waals surface area contributed by atoms with Gasteiger partial charge in [-0.05, 0) is 32.6 Å². The molecule has 96 valence electrons. The fraction of sp³-hybridized carbons (Fsp3) is 1.00. The molecule has 1 saturated carbocycles. The molecule has 0 aromatic heterocycles. The van der Waals surface area contributed by atoms with Crippen LogP contribution in [0.4, 0.5) is 0 Å². The van der Waals surface area contributed by atoms with Gasteiger partial charge in [0.05, 0.1) is 5.60 Å². The van der Waals surface area contributed by atoms with E-state index in [1.807, 2.05) is 6.92 Å². The van der Waals surface area contributed by atoms with Crippen molar-refractivity contribution in [1.82, 2.24) is 5.32 Å². The first-order valence-corrected chi connectivity index (χ1v) is 6.99. The number of rotatable bonds is 7. The van der Waals surface area contributed by atoms with Gasteiger partial charge in [0.25, 0.3) is 0 Å². The molecule has 1 fully saturated rings. The molecule has 16 heavy (non-hydrogen) atoms. The van der Waals surface area contributed by atoms with Crippen molar-refractivity contribution < 1.29 is 5.11 Å². The summed E-state index contributed by atoms with van der Waals surface area (Å²) in [6.45, 7) is 7.04. The molecule has 2 unspecified atom stereocenters. The van der Waals surface area contributed by atoms with Crippen LogP contribution in [0.1, 0.15) is 65.7 Å². The standard InChI is InChI=1S/C14H29NO/c1-4-9-14(3,16)11-15-12(2)10-13-7-5-6-8-13/h12-13,15-16H,4-11H2,1-3H3. The Kier molecular flexibility index (Phi) is 5.77. The van der Waals surface area contributed by atoms with E-state index in [0.717, 1.165) is 25.3 Å². The van der Waals surface area contributed by atoms with Crippen LogP contribution < -0.4 is 5.32 Å². The maximum Gasteiger partial charge on any atom is 0.0743 e. The molecular formula is C14H29NO. The van der Waals surface area contributed by atoms with Crippen LogP contribution in [-0.4, -0.2) is 23.3 Å². The van der Waals surface area contributed by atoms with Gasteiger partial charge in [0.15, 0.2) is 0 Å². The molecule has 0 aromatic carbocycles. The first-order chi connectivity index (χ1) is 7.53. The Hall–Kier alpha value is -0.0800. The summed E-state index contributed by atoms with van der Waals surface area (Å²) in [6, 6.07) is 0.548. The van der Waals surface area contributed by atoms with E-state index in [0.29, 0.717) is 6.04 Å². The van der Waals surface area contributed by atoms with E-state index < -0.39 is 5.60 Å². The molecule has 0 heterocycles. The van der Waals surface area contributed by atoms with Crippen molar-refractivity contribution >= 4 is 0 Å². The lowest BCUT2D eigenvalue weighted by Gasteiger charge is -2.26. The van der Waals surface area contributed by atoms with Crippen LogP contribution in [0.3, 0.4) is 0 Å². The SMILES string of the molecule is CCCC(C)(O)CNC(C)CC1CCCC1. The number of hydrogen-bond acceptors (Lipinski definition) is 2. The zero-order valence-electron chi connectivity index (χ0n) is 11.3. The van der Waals surface area contributed by atoms with Gasteiger partial charge < -0.3 is 10.4 Å². The first kappa shape index (κ1) is 14.0. The Balaban J connectivity index is 2.15. The highest BCUT2D eigenvalue weighted by molar-refractivity contribution is 4.79. The van der Waals surface area contributed by atoms with Crippen molar-refractivity contribution in [3.63, 3.8) is 0 Å². The lowest BCUT2D eigenvalue weighted by atomic mass is 9.97. The predicted octanol–water partition coefficient (Wildman–Crippen LogP) is 3.10. The highest BCUT2D eigenvalue weighted by atomic mass is 16.3. The molecule has 0 spiro atoms. The highest BCUT2D eigenvalue weighted by Gasteiger charge is 2.21. The van der Waals surface area contributed by atoms with Crippen molar-refractivity contribution in [2.24, 2.45) is 5.92 Å². The van der Waals surface area contributed by atoms with Crippen molar-refractivity contribution in [2.75, 3.05) is 6.54 Å². The van der Waals surface area contributed by atoms with Gasteiger partial charge in [-0.15, -0.1) is 0 Å². The second kappa shape index (κ2) is 6.61. The zero-order valence-corrected chi connectivity index (χ0v) is 11.3. The zero-order chi connectivity index (χ0) is 12.0. The third-order valence-corrected chi connectivity index (χ3v) is 3.78. The molecule has 2 heteroatoms. The predicted molar refractivity (Wildman–Crippen MR) is 69.6 cm³/mol. The third kappa shape index (κ3) is 5.31. The van der Waals surface area contributed by atoms with E-state index >= 15 is 0 Å². The van der Waals surface area contributed by atoms with Crippen LogP contribution in [0.2, 0.25) is 0 Å². The average Bonchev–Trinajstić information content (AvgIpc) is 2.68. The second-order valence-corrected chi connectivity index (χ2v) is 5.92. The Morgan fingerprint density at radius 2 is 2.00 bits per heavy atom. The molecule has 0 amide bonds. The summed E-state index contributed by atoms with van der Waals surface area (Å²) < 4.78 is 0. The lowest BCUT2D eigenvalue weighted by Crippen LogP contribution is -2.42. The van der Waals surface area contributed by atoms with Crippen LogP contribution in [0.25, 0.3) is 0 Å². The Morgan fingerprint density at radius 3 is 2.56 bits per heavy atom. The van der Waals surface area contributed by atoms with Gasteiger partial charge in [0.1, 0.15) is 0 Å². The summed E-state index contributed by atoms with van der Waals surface area (Å²) in [7, 11) is 0. The maximum absolute atomic E-state index is 10.1. The molecule has 0 aliphatic heterocycles. The largest absolute Gasteiger partial charge is 0.389 e. The topological polar surface area (TPSA) is 32.3 Å². The van der Waals surface area contributed by atoms with Crippen LogP contribution >= 0.6 is 0 Å². The van der Waals surface area contributed by atoms with Gasteiger partial charge in [-0.25, -0.2) is 0 Å². The Labute approximate surface area is 101 Å². The number of aliphatic hydroxyl groups is 1. The monoisotopic (exact) mass is 227 g/mol. The van der Waals surface area contributed by atoms with Crippen molar-refractivity contribution in [3.05, 3.63) is 0 Å². The van der Waals surface area contributed by atoms with E-state index in [1.54, 1.807) is 0 Å². The fourth-order valence-corrected chi connectivity index (χ4v) is 2.85. The van der Waals surface area contributed by atoms with E-state index in [1.165, 1.54) is 32.1 Å². The van der Waals surface area contributed by atoms with Crippen molar-refractivity contribution in [3.8, 4) is 0 Å². The van der Waals surface area contributed by atoms with Crippen LogP contribution in [0.15, 0.2) is 0 Å². The minimum atomic E-state index is -0.529. The Morgan fingerprint density at radius 1 is 1.38 bits per heavy atom. The summed E-state index contributed by atoms with van der Waals surface area (Å²) >= 11 is 0. The van der Waals surface area contributed by atoms with Gasteiger partial charge in [0.2, 0.25) is 0 Å². The second-order valence-electron chi connectivity index (χ2n) is 5.92. The molecule has 0 radical (unpaired) electrons. The lowest BCUT2D eigenvalue weighted by molar-refractivity contribution is 0.0469. The molecule has 0 aromatic rings. The average molecular weight is 227 g/mol. The minimum absolute atomic E-state index is 0.529. The smallest absolute Gasteiger partial charge is 0.0743 e. The fourth-order valence-electron chi connectivity index (χ4n) is 2.85. The maximum atomic E-state index is 10.1. The quantitative estimate of drug-likeness (QED) is 0.700. The van der Waals surface area contributed by atoms with E-state index in [4.69, 9.17) is 0 Å². The van der Waals surface area contributed by atoms with Crippen LogP contribution in [0.5, 0.6) is 0 Å². The molecule has 0 bridgehead atoms. The molecule has 2 N–H and O–H groups in total. The summed E-state index contributed by atoms with van der Waals surface area (Å²) in [4.78, 5) is 0. The summed E-state index contributed by atoms with van der Waals surface area (Å²) in [6.07, 6.45) is 8.88.